The Bertz CT molecular complexity index is 354. The highest BCUT2D eigenvalue weighted by molar-refractivity contribution is 5.25. The van der Waals surface area contributed by atoms with Gasteiger partial charge in [-0.25, -0.2) is 4.39 Å². The average Bonchev–Trinajstić information content (AvgIpc) is 2.70. The summed E-state index contributed by atoms with van der Waals surface area (Å²) in [4.78, 5) is 0. The van der Waals surface area contributed by atoms with E-state index < -0.39 is 5.54 Å². The molecule has 1 fully saturated rings. The first kappa shape index (κ1) is 11.6. The summed E-state index contributed by atoms with van der Waals surface area (Å²) in [6, 6.07) is 6.88. The van der Waals surface area contributed by atoms with Gasteiger partial charge in [-0.15, -0.1) is 0 Å². The molecule has 2 N–H and O–H groups in total. The monoisotopic (exact) mass is 221 g/mol. The minimum absolute atomic E-state index is 0.175. The van der Waals surface area contributed by atoms with Crippen molar-refractivity contribution in [1.29, 1.82) is 0 Å². The van der Waals surface area contributed by atoms with Gasteiger partial charge in [0.2, 0.25) is 0 Å². The van der Waals surface area contributed by atoms with E-state index in [9.17, 15) is 4.39 Å². The molecule has 0 heterocycles. The van der Waals surface area contributed by atoms with Gasteiger partial charge in [-0.2, -0.15) is 0 Å². The molecular weight excluding hydrogens is 201 g/mol. The minimum atomic E-state index is -0.527. The second kappa shape index (κ2) is 4.54. The maximum absolute atomic E-state index is 13.7. The van der Waals surface area contributed by atoms with Gasteiger partial charge in [-0.3, -0.25) is 0 Å². The van der Waals surface area contributed by atoms with E-state index in [0.29, 0.717) is 11.5 Å². The normalized spacial score (nSPS) is 20.9. The van der Waals surface area contributed by atoms with Gasteiger partial charge in [0.05, 0.1) is 0 Å². The zero-order chi connectivity index (χ0) is 11.6. The van der Waals surface area contributed by atoms with Crippen LogP contribution in [0.15, 0.2) is 24.3 Å². The Balaban J connectivity index is 2.14. The Morgan fingerprint density at radius 1 is 1.31 bits per heavy atom. The standard InChI is InChI=1S/C14H20FN/c1-14(16,10-11-6-2-3-7-11)12-8-4-5-9-13(12)15/h4-5,8-9,11H,2-3,6-7,10,16H2,1H3. The summed E-state index contributed by atoms with van der Waals surface area (Å²) in [5.41, 5.74) is 6.41. The van der Waals surface area contributed by atoms with E-state index in [1.165, 1.54) is 31.7 Å². The highest BCUT2D eigenvalue weighted by atomic mass is 19.1. The molecule has 1 nitrogen and oxygen atoms in total. The van der Waals surface area contributed by atoms with Crippen molar-refractivity contribution in [1.82, 2.24) is 0 Å². The van der Waals surface area contributed by atoms with Crippen molar-refractivity contribution in [2.45, 2.75) is 44.6 Å². The first-order valence-electron chi connectivity index (χ1n) is 6.13. The van der Waals surface area contributed by atoms with Gasteiger partial charge in [0.15, 0.2) is 0 Å². The summed E-state index contributed by atoms with van der Waals surface area (Å²) in [6.07, 6.45) is 6.01. The molecule has 1 aromatic carbocycles. The largest absolute Gasteiger partial charge is 0.322 e. The molecule has 16 heavy (non-hydrogen) atoms. The van der Waals surface area contributed by atoms with E-state index in [1.54, 1.807) is 6.07 Å². The van der Waals surface area contributed by atoms with Crippen LogP contribution in [0.5, 0.6) is 0 Å². The quantitative estimate of drug-likeness (QED) is 0.829. The molecule has 1 aliphatic rings. The van der Waals surface area contributed by atoms with Gasteiger partial charge >= 0.3 is 0 Å². The molecule has 1 unspecified atom stereocenters. The van der Waals surface area contributed by atoms with Crippen LogP contribution in [-0.2, 0) is 5.54 Å². The first-order valence-corrected chi connectivity index (χ1v) is 6.13. The van der Waals surface area contributed by atoms with Gasteiger partial charge < -0.3 is 5.73 Å². The van der Waals surface area contributed by atoms with E-state index in [2.05, 4.69) is 0 Å². The van der Waals surface area contributed by atoms with Crippen molar-refractivity contribution in [2.75, 3.05) is 0 Å². The molecule has 1 aromatic rings. The van der Waals surface area contributed by atoms with Crippen LogP contribution in [0.3, 0.4) is 0 Å². The SMILES string of the molecule is CC(N)(CC1CCCC1)c1ccccc1F. The van der Waals surface area contributed by atoms with Crippen molar-refractivity contribution < 1.29 is 4.39 Å². The fourth-order valence-corrected chi connectivity index (χ4v) is 2.85. The zero-order valence-electron chi connectivity index (χ0n) is 9.88. The van der Waals surface area contributed by atoms with Crippen LogP contribution in [0.25, 0.3) is 0 Å². The van der Waals surface area contributed by atoms with Gasteiger partial charge in [-0.05, 0) is 25.3 Å². The van der Waals surface area contributed by atoms with Gasteiger partial charge in [-0.1, -0.05) is 43.9 Å². The lowest BCUT2D eigenvalue weighted by Crippen LogP contribution is -2.35. The summed E-state index contributed by atoms with van der Waals surface area (Å²) >= 11 is 0. The Morgan fingerprint density at radius 3 is 2.56 bits per heavy atom. The highest BCUT2D eigenvalue weighted by Gasteiger charge is 2.29. The molecule has 0 aromatic heterocycles. The molecule has 1 aliphatic carbocycles. The summed E-state index contributed by atoms with van der Waals surface area (Å²) in [6.45, 7) is 1.95. The van der Waals surface area contributed by atoms with Crippen LogP contribution in [0.1, 0.15) is 44.6 Å². The molecule has 1 atom stereocenters. The topological polar surface area (TPSA) is 26.0 Å². The molecule has 0 bridgehead atoms. The molecule has 2 rings (SSSR count). The predicted molar refractivity (Wildman–Crippen MR) is 64.5 cm³/mol. The lowest BCUT2D eigenvalue weighted by Gasteiger charge is -2.28. The van der Waals surface area contributed by atoms with Crippen LogP contribution >= 0.6 is 0 Å². The molecule has 0 aliphatic heterocycles. The van der Waals surface area contributed by atoms with Gasteiger partial charge in [0, 0.05) is 11.1 Å². The Morgan fingerprint density at radius 2 is 1.94 bits per heavy atom. The Kier molecular flexibility index (Phi) is 3.29. The lowest BCUT2D eigenvalue weighted by molar-refractivity contribution is 0.339. The van der Waals surface area contributed by atoms with Crippen LogP contribution in [0, 0.1) is 11.7 Å². The van der Waals surface area contributed by atoms with Crippen molar-refractivity contribution in [3.8, 4) is 0 Å². The zero-order valence-corrected chi connectivity index (χ0v) is 9.88. The van der Waals surface area contributed by atoms with Crippen molar-refractivity contribution in [2.24, 2.45) is 11.7 Å². The summed E-state index contributed by atoms with van der Waals surface area (Å²) in [5, 5.41) is 0. The highest BCUT2D eigenvalue weighted by Crippen LogP contribution is 2.35. The summed E-state index contributed by atoms with van der Waals surface area (Å²) < 4.78 is 13.7. The molecule has 1 saturated carbocycles. The molecule has 0 radical (unpaired) electrons. The van der Waals surface area contributed by atoms with Crippen LogP contribution in [-0.4, -0.2) is 0 Å². The van der Waals surface area contributed by atoms with E-state index in [-0.39, 0.29) is 5.82 Å². The average molecular weight is 221 g/mol. The maximum Gasteiger partial charge on any atom is 0.128 e. The number of rotatable bonds is 3. The summed E-state index contributed by atoms with van der Waals surface area (Å²) in [5.74, 6) is 0.500. The maximum atomic E-state index is 13.7. The van der Waals surface area contributed by atoms with Crippen molar-refractivity contribution >= 4 is 0 Å². The molecular formula is C14H20FN. The van der Waals surface area contributed by atoms with E-state index >= 15 is 0 Å². The Labute approximate surface area is 96.9 Å². The van der Waals surface area contributed by atoms with E-state index in [4.69, 9.17) is 5.73 Å². The predicted octanol–water partition coefficient (Wildman–Crippen LogP) is 3.58. The third-order valence-electron chi connectivity index (χ3n) is 3.68. The molecule has 0 saturated heterocycles. The van der Waals surface area contributed by atoms with Crippen molar-refractivity contribution in [3.05, 3.63) is 35.6 Å². The summed E-state index contributed by atoms with van der Waals surface area (Å²) in [7, 11) is 0. The third-order valence-corrected chi connectivity index (χ3v) is 3.68. The van der Waals surface area contributed by atoms with Crippen molar-refractivity contribution in [3.63, 3.8) is 0 Å². The number of hydrogen-bond donors (Lipinski definition) is 1. The Hall–Kier alpha value is -0.890. The van der Waals surface area contributed by atoms with Gasteiger partial charge in [0.25, 0.3) is 0 Å². The molecule has 0 amide bonds. The van der Waals surface area contributed by atoms with Crippen LogP contribution < -0.4 is 5.73 Å². The van der Waals surface area contributed by atoms with Gasteiger partial charge in [0.1, 0.15) is 5.82 Å². The molecule has 2 heteroatoms. The number of hydrogen-bond acceptors (Lipinski definition) is 1. The second-order valence-corrected chi connectivity index (χ2v) is 5.25. The lowest BCUT2D eigenvalue weighted by atomic mass is 9.83. The fourth-order valence-electron chi connectivity index (χ4n) is 2.85. The van der Waals surface area contributed by atoms with E-state index in [1.807, 2.05) is 19.1 Å². The number of benzene rings is 1. The fraction of sp³-hybridized carbons (Fsp3) is 0.571. The first-order chi connectivity index (χ1) is 7.59. The number of nitrogens with two attached hydrogens (primary N) is 1. The van der Waals surface area contributed by atoms with Crippen LogP contribution in [0.2, 0.25) is 0 Å². The minimum Gasteiger partial charge on any atom is -0.322 e. The second-order valence-electron chi connectivity index (χ2n) is 5.25. The smallest absolute Gasteiger partial charge is 0.128 e. The molecule has 88 valence electrons. The third kappa shape index (κ3) is 2.43. The number of halogens is 1. The van der Waals surface area contributed by atoms with Crippen LogP contribution in [0.4, 0.5) is 4.39 Å². The molecule has 0 spiro atoms. The van der Waals surface area contributed by atoms with E-state index in [0.717, 1.165) is 6.42 Å².